The van der Waals surface area contributed by atoms with E-state index in [2.05, 4.69) is 9.46 Å². The Balaban J connectivity index is 2.37. The second-order valence-electron chi connectivity index (χ2n) is 6.06. The fourth-order valence-corrected chi connectivity index (χ4v) is 4.09. The molecule has 0 aliphatic heterocycles. The normalized spacial score (nSPS) is 12.7. The molecule has 0 unspecified atom stereocenters. The number of ether oxygens (including phenoxy) is 1. The van der Waals surface area contributed by atoms with Crippen LogP contribution in [0.2, 0.25) is 5.02 Å². The predicted octanol–water partition coefficient (Wildman–Crippen LogP) is 4.17. The first-order valence-electron chi connectivity index (χ1n) is 8.17. The average Bonchev–Trinajstić information content (AvgIpc) is 2.61. The van der Waals surface area contributed by atoms with Crippen LogP contribution in [0.15, 0.2) is 41.3 Å². The first kappa shape index (κ1) is 20.4. The van der Waals surface area contributed by atoms with Crippen molar-refractivity contribution in [2.75, 3.05) is 7.11 Å². The van der Waals surface area contributed by atoms with Crippen molar-refractivity contribution in [2.24, 2.45) is 0 Å². The molecule has 0 aliphatic carbocycles. The molecule has 5 nitrogen and oxygen atoms in total. The van der Waals surface area contributed by atoms with Crippen LogP contribution in [0.3, 0.4) is 0 Å². The van der Waals surface area contributed by atoms with Gasteiger partial charge in [0.15, 0.2) is 0 Å². The molecule has 0 saturated carbocycles. The minimum Gasteiger partial charge on any atom is -0.465 e. The van der Waals surface area contributed by atoms with E-state index in [-0.39, 0.29) is 21.5 Å². The van der Waals surface area contributed by atoms with E-state index in [1.54, 1.807) is 0 Å². The standard InChI is InChI=1S/C19H22ClNO4S/c1-5-18(14-7-6-12(2)13(3)10-14)21-26(23,24)15-8-9-17(20)16(11-15)19(22)25-4/h6-11,18,21H,5H2,1-4H3/t18-/m1/s1. The zero-order chi connectivity index (χ0) is 19.5. The smallest absolute Gasteiger partial charge is 0.339 e. The Labute approximate surface area is 159 Å². The van der Waals surface area contributed by atoms with Gasteiger partial charge in [-0.25, -0.2) is 17.9 Å². The molecule has 0 aromatic heterocycles. The molecule has 1 N–H and O–H groups in total. The van der Waals surface area contributed by atoms with Crippen molar-refractivity contribution in [1.82, 2.24) is 4.72 Å². The molecule has 7 heteroatoms. The number of hydrogen-bond donors (Lipinski definition) is 1. The molecule has 2 aromatic rings. The zero-order valence-electron chi connectivity index (χ0n) is 15.2. The van der Waals surface area contributed by atoms with Gasteiger partial charge in [-0.3, -0.25) is 0 Å². The van der Waals surface area contributed by atoms with Crippen molar-refractivity contribution in [2.45, 2.75) is 38.1 Å². The molecule has 140 valence electrons. The fraction of sp³-hybridized carbons (Fsp3) is 0.316. The molecule has 0 bridgehead atoms. The summed E-state index contributed by atoms with van der Waals surface area (Å²) in [6, 6.07) is 9.46. The van der Waals surface area contributed by atoms with Gasteiger partial charge in [0.1, 0.15) is 0 Å². The monoisotopic (exact) mass is 395 g/mol. The summed E-state index contributed by atoms with van der Waals surface area (Å²) in [5.41, 5.74) is 3.14. The van der Waals surface area contributed by atoms with Gasteiger partial charge in [-0.15, -0.1) is 0 Å². The lowest BCUT2D eigenvalue weighted by Crippen LogP contribution is -2.28. The molecule has 1 atom stereocenters. The topological polar surface area (TPSA) is 72.5 Å². The summed E-state index contributed by atoms with van der Waals surface area (Å²) >= 11 is 5.96. The molecule has 0 spiro atoms. The predicted molar refractivity (Wildman–Crippen MR) is 102 cm³/mol. The van der Waals surface area contributed by atoms with Gasteiger partial charge in [-0.2, -0.15) is 0 Å². The number of aryl methyl sites for hydroxylation is 2. The number of carbonyl (C=O) groups is 1. The molecule has 26 heavy (non-hydrogen) atoms. The van der Waals surface area contributed by atoms with Gasteiger partial charge in [0.05, 0.1) is 22.6 Å². The lowest BCUT2D eigenvalue weighted by molar-refractivity contribution is 0.0600. The lowest BCUT2D eigenvalue weighted by Gasteiger charge is -2.19. The Bertz CT molecular complexity index is 925. The number of halogens is 1. The van der Waals surface area contributed by atoms with E-state index in [0.29, 0.717) is 6.42 Å². The van der Waals surface area contributed by atoms with Gasteiger partial charge >= 0.3 is 5.97 Å². The van der Waals surface area contributed by atoms with Crippen LogP contribution in [0.4, 0.5) is 0 Å². The van der Waals surface area contributed by atoms with E-state index in [4.69, 9.17) is 11.6 Å². The van der Waals surface area contributed by atoms with Gasteiger partial charge in [0.2, 0.25) is 10.0 Å². The number of hydrogen-bond acceptors (Lipinski definition) is 4. The summed E-state index contributed by atoms with van der Waals surface area (Å²) in [6.45, 7) is 5.90. The largest absolute Gasteiger partial charge is 0.465 e. The Morgan fingerprint density at radius 1 is 1.15 bits per heavy atom. The summed E-state index contributed by atoms with van der Waals surface area (Å²) in [5.74, 6) is -0.687. The molecule has 0 saturated heterocycles. The van der Waals surface area contributed by atoms with Crippen LogP contribution in [0.5, 0.6) is 0 Å². The van der Waals surface area contributed by atoms with Crippen molar-refractivity contribution < 1.29 is 17.9 Å². The minimum absolute atomic E-state index is 0.0104. The molecule has 0 fully saturated rings. The van der Waals surface area contributed by atoms with E-state index >= 15 is 0 Å². The Hall–Kier alpha value is -1.89. The summed E-state index contributed by atoms with van der Waals surface area (Å²) in [7, 11) is -2.63. The van der Waals surface area contributed by atoms with Crippen LogP contribution in [0, 0.1) is 13.8 Å². The Morgan fingerprint density at radius 3 is 2.42 bits per heavy atom. The number of esters is 1. The maximum Gasteiger partial charge on any atom is 0.339 e. The van der Waals surface area contributed by atoms with E-state index in [9.17, 15) is 13.2 Å². The van der Waals surface area contributed by atoms with Crippen LogP contribution >= 0.6 is 11.6 Å². The number of benzene rings is 2. The van der Waals surface area contributed by atoms with Crippen LogP contribution in [0.1, 0.15) is 46.4 Å². The van der Waals surface area contributed by atoms with Crippen molar-refractivity contribution in [3.05, 3.63) is 63.7 Å². The number of methoxy groups -OCH3 is 1. The van der Waals surface area contributed by atoms with Gasteiger partial charge in [0, 0.05) is 6.04 Å². The summed E-state index contributed by atoms with van der Waals surface area (Å²) < 4.78 is 32.9. The maximum absolute atomic E-state index is 12.8. The summed E-state index contributed by atoms with van der Waals surface area (Å²) in [5, 5.41) is 0.136. The molecule has 2 rings (SSSR count). The summed E-state index contributed by atoms with van der Waals surface area (Å²) in [4.78, 5) is 11.7. The van der Waals surface area contributed by atoms with Gasteiger partial charge < -0.3 is 4.74 Å². The molecule has 0 amide bonds. The van der Waals surface area contributed by atoms with Crippen LogP contribution in [-0.2, 0) is 14.8 Å². The number of sulfonamides is 1. The Morgan fingerprint density at radius 2 is 1.85 bits per heavy atom. The maximum atomic E-state index is 12.8. The van der Waals surface area contributed by atoms with Crippen molar-refractivity contribution >= 4 is 27.6 Å². The molecular weight excluding hydrogens is 374 g/mol. The van der Waals surface area contributed by atoms with Gasteiger partial charge in [-0.1, -0.05) is 36.7 Å². The molecule has 0 radical (unpaired) electrons. The minimum atomic E-state index is -3.84. The third-order valence-electron chi connectivity index (χ3n) is 4.29. The number of carbonyl (C=O) groups excluding carboxylic acids is 1. The number of nitrogens with one attached hydrogen (secondary N) is 1. The SMILES string of the molecule is CC[C@@H](NS(=O)(=O)c1ccc(Cl)c(C(=O)OC)c1)c1ccc(C)c(C)c1. The zero-order valence-corrected chi connectivity index (χ0v) is 16.7. The van der Waals surface area contributed by atoms with Crippen molar-refractivity contribution in [1.29, 1.82) is 0 Å². The first-order chi connectivity index (χ1) is 12.2. The molecular formula is C19H22ClNO4S. The molecule has 0 aliphatic rings. The van der Waals surface area contributed by atoms with E-state index in [0.717, 1.165) is 16.7 Å². The quantitative estimate of drug-likeness (QED) is 0.745. The highest BCUT2D eigenvalue weighted by Crippen LogP contribution is 2.25. The second kappa shape index (κ2) is 8.20. The average molecular weight is 396 g/mol. The van der Waals surface area contributed by atoms with Crippen molar-refractivity contribution in [3.8, 4) is 0 Å². The third kappa shape index (κ3) is 4.44. The van der Waals surface area contributed by atoms with E-state index in [1.165, 1.54) is 25.3 Å². The highest BCUT2D eigenvalue weighted by Gasteiger charge is 2.23. The number of rotatable bonds is 6. The highest BCUT2D eigenvalue weighted by atomic mass is 35.5. The first-order valence-corrected chi connectivity index (χ1v) is 10.0. The van der Waals surface area contributed by atoms with E-state index < -0.39 is 16.0 Å². The molecule has 0 heterocycles. The molecule has 2 aromatic carbocycles. The lowest BCUT2D eigenvalue weighted by atomic mass is 10.0. The van der Waals surface area contributed by atoms with Crippen molar-refractivity contribution in [3.63, 3.8) is 0 Å². The van der Waals surface area contributed by atoms with Crippen LogP contribution < -0.4 is 4.72 Å². The summed E-state index contributed by atoms with van der Waals surface area (Å²) in [6.07, 6.45) is 0.583. The third-order valence-corrected chi connectivity index (χ3v) is 6.09. The van der Waals surface area contributed by atoms with Crippen LogP contribution in [-0.4, -0.2) is 21.5 Å². The fourth-order valence-electron chi connectivity index (χ4n) is 2.56. The highest BCUT2D eigenvalue weighted by molar-refractivity contribution is 7.89. The van der Waals surface area contributed by atoms with E-state index in [1.807, 2.05) is 39.0 Å². The van der Waals surface area contributed by atoms with Gasteiger partial charge in [-0.05, 0) is 55.2 Å². The van der Waals surface area contributed by atoms with Gasteiger partial charge in [0.25, 0.3) is 0 Å². The Kier molecular flexibility index (Phi) is 6.44. The second-order valence-corrected chi connectivity index (χ2v) is 8.18. The van der Waals surface area contributed by atoms with Crippen LogP contribution in [0.25, 0.3) is 0 Å².